The van der Waals surface area contributed by atoms with E-state index in [1.807, 2.05) is 0 Å². The molecule has 1 aromatic carbocycles. The Kier molecular flexibility index (Phi) is 4.42. The van der Waals surface area contributed by atoms with Gasteiger partial charge >= 0.3 is 0 Å². The highest BCUT2D eigenvalue weighted by molar-refractivity contribution is 5.83. The number of phenolic OH excluding ortho intramolecular Hbond substituents is 1. The number of hydrogen-bond acceptors (Lipinski definition) is 5. The predicted octanol–water partition coefficient (Wildman–Crippen LogP) is 2.44. The van der Waals surface area contributed by atoms with Crippen LogP contribution in [0.1, 0.15) is 15.9 Å². The summed E-state index contributed by atoms with van der Waals surface area (Å²) in [6.07, 6.45) is 3.07. The maximum absolute atomic E-state index is 10.7. The van der Waals surface area contributed by atoms with Crippen LogP contribution in [0.5, 0.6) is 5.75 Å². The number of phenols is 1. The van der Waals surface area contributed by atoms with Crippen molar-refractivity contribution in [2.75, 3.05) is 6.54 Å². The van der Waals surface area contributed by atoms with E-state index in [1.165, 1.54) is 12.2 Å². The number of benzene rings is 1. The summed E-state index contributed by atoms with van der Waals surface area (Å²) < 4.78 is 0. The lowest BCUT2D eigenvalue weighted by molar-refractivity contribution is -0.384. The molecule has 1 aromatic rings. The van der Waals surface area contributed by atoms with E-state index in [-0.39, 0.29) is 29.1 Å². The Morgan fingerprint density at radius 2 is 2.17 bits per heavy atom. The van der Waals surface area contributed by atoms with Crippen LogP contribution in [0.3, 0.4) is 0 Å². The zero-order valence-electron chi connectivity index (χ0n) is 9.05. The van der Waals surface area contributed by atoms with Gasteiger partial charge in [0, 0.05) is 29.2 Å². The van der Waals surface area contributed by atoms with Crippen LogP contribution in [-0.2, 0) is 0 Å². The molecule has 0 aliphatic rings. The van der Waals surface area contributed by atoms with Gasteiger partial charge in [-0.1, -0.05) is 17.3 Å². The average Bonchev–Trinajstić information content (AvgIpc) is 2.36. The number of rotatable bonds is 5. The highest BCUT2D eigenvalue weighted by atomic mass is 16.6. The van der Waals surface area contributed by atoms with E-state index in [0.29, 0.717) is 6.29 Å². The molecule has 0 heterocycles. The highest BCUT2D eigenvalue weighted by Gasteiger charge is 2.13. The monoisotopic (exact) mass is 248 g/mol. The summed E-state index contributed by atoms with van der Waals surface area (Å²) in [6, 6.07) is 2.10. The molecule has 0 unspecified atom stereocenters. The molecule has 0 aliphatic heterocycles. The van der Waals surface area contributed by atoms with Crippen molar-refractivity contribution < 1.29 is 14.8 Å². The summed E-state index contributed by atoms with van der Waals surface area (Å²) in [7, 11) is 0. The first-order valence-corrected chi connectivity index (χ1v) is 4.74. The van der Waals surface area contributed by atoms with Crippen LogP contribution in [0.4, 0.5) is 5.69 Å². The first-order valence-electron chi connectivity index (χ1n) is 4.74. The van der Waals surface area contributed by atoms with Crippen molar-refractivity contribution in [2.45, 2.75) is 0 Å². The zero-order valence-corrected chi connectivity index (χ0v) is 9.05. The molecule has 0 atom stereocenters. The molecule has 0 amide bonds. The SMILES string of the molecule is [N-]=[N+]=NCC=Cc1cc([N+](=O)[O-])cc(C=O)c1O. The van der Waals surface area contributed by atoms with Crippen molar-refractivity contribution in [1.82, 2.24) is 0 Å². The fourth-order valence-electron chi connectivity index (χ4n) is 1.25. The number of nitro benzene ring substituents is 1. The number of hydrogen-bond donors (Lipinski definition) is 1. The van der Waals surface area contributed by atoms with Gasteiger partial charge in [0.15, 0.2) is 6.29 Å². The summed E-state index contributed by atoms with van der Waals surface area (Å²) in [6.45, 7) is 0.0368. The van der Waals surface area contributed by atoms with Gasteiger partial charge in [0.25, 0.3) is 5.69 Å². The molecule has 0 aliphatic carbocycles. The second-order valence-electron chi connectivity index (χ2n) is 3.16. The summed E-state index contributed by atoms with van der Waals surface area (Å²) in [5.41, 5.74) is 7.69. The van der Waals surface area contributed by atoms with Crippen molar-refractivity contribution in [3.8, 4) is 5.75 Å². The van der Waals surface area contributed by atoms with Crippen LogP contribution in [-0.4, -0.2) is 22.9 Å². The van der Waals surface area contributed by atoms with Crippen LogP contribution >= 0.6 is 0 Å². The molecule has 1 N–H and O–H groups in total. The quantitative estimate of drug-likeness (QED) is 0.214. The molecule has 18 heavy (non-hydrogen) atoms. The van der Waals surface area contributed by atoms with E-state index in [9.17, 15) is 20.0 Å². The summed E-state index contributed by atoms with van der Waals surface area (Å²) in [5.74, 6) is -0.354. The van der Waals surface area contributed by atoms with Crippen LogP contribution in [0, 0.1) is 10.1 Å². The van der Waals surface area contributed by atoms with E-state index in [0.717, 1.165) is 12.1 Å². The second-order valence-corrected chi connectivity index (χ2v) is 3.16. The van der Waals surface area contributed by atoms with Gasteiger partial charge in [0.2, 0.25) is 0 Å². The highest BCUT2D eigenvalue weighted by Crippen LogP contribution is 2.28. The van der Waals surface area contributed by atoms with Crippen molar-refractivity contribution in [3.63, 3.8) is 0 Å². The lowest BCUT2D eigenvalue weighted by atomic mass is 10.1. The molecule has 0 aromatic heterocycles. The first kappa shape index (κ1) is 13.2. The summed E-state index contributed by atoms with van der Waals surface area (Å²) >= 11 is 0. The van der Waals surface area contributed by atoms with E-state index in [2.05, 4.69) is 10.0 Å². The second kappa shape index (κ2) is 6.02. The molecular weight excluding hydrogens is 240 g/mol. The van der Waals surface area contributed by atoms with E-state index in [1.54, 1.807) is 0 Å². The molecule has 0 bridgehead atoms. The summed E-state index contributed by atoms with van der Waals surface area (Å²) in [5, 5.41) is 23.5. The average molecular weight is 248 g/mol. The Morgan fingerprint density at radius 3 is 2.72 bits per heavy atom. The molecule has 0 radical (unpaired) electrons. The number of aldehydes is 1. The van der Waals surface area contributed by atoms with Crippen molar-refractivity contribution in [1.29, 1.82) is 0 Å². The number of aromatic hydroxyl groups is 1. The van der Waals surface area contributed by atoms with E-state index in [4.69, 9.17) is 5.53 Å². The van der Waals surface area contributed by atoms with Crippen LogP contribution in [0.25, 0.3) is 16.5 Å². The third-order valence-corrected chi connectivity index (χ3v) is 2.04. The molecule has 92 valence electrons. The van der Waals surface area contributed by atoms with Crippen LogP contribution in [0.2, 0.25) is 0 Å². The lowest BCUT2D eigenvalue weighted by Crippen LogP contribution is -1.93. The third kappa shape index (κ3) is 3.06. The minimum atomic E-state index is -0.669. The Hall–Kier alpha value is -2.86. The molecule has 0 fully saturated rings. The fraction of sp³-hybridized carbons (Fsp3) is 0.100. The smallest absolute Gasteiger partial charge is 0.271 e. The number of azide groups is 1. The number of carbonyl (C=O) groups excluding carboxylic acids is 1. The van der Waals surface area contributed by atoms with Gasteiger partial charge in [0.1, 0.15) is 5.75 Å². The van der Waals surface area contributed by atoms with Crippen molar-refractivity contribution >= 4 is 18.0 Å². The molecule has 8 nitrogen and oxygen atoms in total. The van der Waals surface area contributed by atoms with Crippen molar-refractivity contribution in [3.05, 3.63) is 49.9 Å². The topological polar surface area (TPSA) is 129 Å². The standard InChI is InChI=1S/C10H8N4O4/c11-13-12-3-1-2-7-4-9(14(17)18)5-8(6-15)10(7)16/h1-2,4-6,16H,3H2. The number of nitrogens with zero attached hydrogens (tertiary/aromatic N) is 4. The van der Waals surface area contributed by atoms with Crippen LogP contribution < -0.4 is 0 Å². The minimum absolute atomic E-state index is 0.0368. The fourth-order valence-corrected chi connectivity index (χ4v) is 1.25. The van der Waals surface area contributed by atoms with Gasteiger partial charge < -0.3 is 5.11 Å². The van der Waals surface area contributed by atoms with Crippen LogP contribution in [0.15, 0.2) is 23.3 Å². The molecule has 1 rings (SSSR count). The number of nitro groups is 1. The Balaban J connectivity index is 3.20. The molecule has 0 saturated heterocycles. The van der Waals surface area contributed by atoms with Crippen molar-refractivity contribution in [2.24, 2.45) is 5.11 Å². The lowest BCUT2D eigenvalue weighted by Gasteiger charge is -2.02. The van der Waals surface area contributed by atoms with E-state index >= 15 is 0 Å². The molecular formula is C10H8N4O4. The minimum Gasteiger partial charge on any atom is -0.507 e. The molecule has 0 saturated carbocycles. The van der Waals surface area contributed by atoms with Gasteiger partial charge in [-0.15, -0.1) is 0 Å². The Labute approximate surface area is 101 Å². The van der Waals surface area contributed by atoms with E-state index < -0.39 is 4.92 Å². The zero-order chi connectivity index (χ0) is 13.5. The van der Waals surface area contributed by atoms with Gasteiger partial charge in [0.05, 0.1) is 10.5 Å². The first-order chi connectivity index (χ1) is 8.60. The molecule has 0 spiro atoms. The van der Waals surface area contributed by atoms with Gasteiger partial charge in [-0.2, -0.15) is 0 Å². The Morgan fingerprint density at radius 1 is 1.50 bits per heavy atom. The largest absolute Gasteiger partial charge is 0.507 e. The normalized spacial score (nSPS) is 10.0. The number of carbonyl (C=O) groups is 1. The summed E-state index contributed by atoms with van der Waals surface area (Å²) in [4.78, 5) is 23.1. The van der Waals surface area contributed by atoms with Gasteiger partial charge in [-0.3, -0.25) is 14.9 Å². The number of non-ortho nitro benzene ring substituents is 1. The third-order valence-electron chi connectivity index (χ3n) is 2.04. The molecule has 8 heteroatoms. The maximum Gasteiger partial charge on any atom is 0.271 e. The van der Waals surface area contributed by atoms with Gasteiger partial charge in [-0.25, -0.2) is 0 Å². The maximum atomic E-state index is 10.7. The van der Waals surface area contributed by atoms with Gasteiger partial charge in [-0.05, 0) is 5.53 Å². The Bertz CT molecular complexity index is 561. The predicted molar refractivity (Wildman–Crippen MR) is 63.2 cm³/mol.